The normalized spacial score (nSPS) is 17.1. The fourth-order valence-electron chi connectivity index (χ4n) is 3.71. The molecule has 0 amide bonds. The highest BCUT2D eigenvalue weighted by Crippen LogP contribution is 2.45. The van der Waals surface area contributed by atoms with E-state index in [0.717, 1.165) is 24.3 Å². The van der Waals surface area contributed by atoms with Gasteiger partial charge in [0.1, 0.15) is 23.4 Å². The first-order chi connectivity index (χ1) is 15.5. The van der Waals surface area contributed by atoms with Gasteiger partial charge in [0.2, 0.25) is 0 Å². The van der Waals surface area contributed by atoms with Crippen molar-refractivity contribution in [3.8, 4) is 46.0 Å². The Morgan fingerprint density at radius 3 is 2.12 bits per heavy atom. The number of hydrogen-bond donors (Lipinski definition) is 7. The van der Waals surface area contributed by atoms with Gasteiger partial charge in [0.15, 0.2) is 34.9 Å². The Kier molecular flexibility index (Phi) is 5.21. The number of hydrogen-bond acceptors (Lipinski definition) is 10. The third kappa shape index (κ3) is 3.93. The Bertz CT molecular complexity index is 1220. The SMILES string of the molecule is Cc1cc(C(=O)OC2Cc3c(O)cc(O)cc3OC2c2cc(O)c(O)c(O)c2)cc(O)c1O. The molecule has 0 radical (unpaired) electrons. The number of benzene rings is 3. The van der Waals surface area contributed by atoms with Gasteiger partial charge in [-0.25, -0.2) is 4.79 Å². The van der Waals surface area contributed by atoms with Crippen LogP contribution < -0.4 is 4.74 Å². The molecule has 0 aliphatic carbocycles. The number of phenolic OH excluding ortho intramolecular Hbond substituents is 7. The molecule has 1 aliphatic heterocycles. The number of fused-ring (bicyclic) bond motifs is 1. The van der Waals surface area contributed by atoms with Crippen LogP contribution >= 0.6 is 0 Å². The predicted octanol–water partition coefficient (Wildman–Crippen LogP) is 2.84. The van der Waals surface area contributed by atoms with Crippen LogP contribution in [0.15, 0.2) is 36.4 Å². The highest BCUT2D eigenvalue weighted by Gasteiger charge is 2.37. The number of aryl methyl sites for hydroxylation is 1. The number of phenols is 7. The van der Waals surface area contributed by atoms with Gasteiger partial charge in [-0.15, -0.1) is 0 Å². The third-order valence-electron chi connectivity index (χ3n) is 5.36. The number of ether oxygens (including phenoxy) is 2. The Hall–Kier alpha value is -4.47. The summed E-state index contributed by atoms with van der Waals surface area (Å²) in [5.74, 6) is -4.25. The van der Waals surface area contributed by atoms with Crippen LogP contribution in [0, 0.1) is 6.92 Å². The maximum Gasteiger partial charge on any atom is 0.338 e. The monoisotopic (exact) mass is 456 g/mol. The Balaban J connectivity index is 1.75. The molecule has 3 aromatic carbocycles. The molecule has 1 heterocycles. The van der Waals surface area contributed by atoms with Crippen LogP contribution in [0.4, 0.5) is 0 Å². The van der Waals surface area contributed by atoms with Crippen LogP contribution in [0.2, 0.25) is 0 Å². The van der Waals surface area contributed by atoms with Crippen LogP contribution in [-0.2, 0) is 11.2 Å². The summed E-state index contributed by atoms with van der Waals surface area (Å²) in [6.07, 6.45) is -2.28. The van der Waals surface area contributed by atoms with E-state index in [0.29, 0.717) is 0 Å². The molecule has 0 spiro atoms. The standard InChI is InChI=1S/C23H20O10/c1-9-2-11(5-15(26)20(9)29)23(31)33-19-8-13-14(25)6-12(24)7-18(13)32-22(19)10-3-16(27)21(30)17(28)4-10/h2-7,19,22,24-30H,8H2,1H3. The number of aromatic hydroxyl groups is 7. The first-order valence-corrected chi connectivity index (χ1v) is 9.75. The summed E-state index contributed by atoms with van der Waals surface area (Å²) in [4.78, 5) is 12.8. The van der Waals surface area contributed by atoms with Crippen molar-refractivity contribution in [1.29, 1.82) is 0 Å². The zero-order valence-electron chi connectivity index (χ0n) is 17.2. The second-order valence-electron chi connectivity index (χ2n) is 7.70. The molecule has 10 heteroatoms. The zero-order valence-corrected chi connectivity index (χ0v) is 17.2. The van der Waals surface area contributed by atoms with Crippen molar-refractivity contribution in [2.45, 2.75) is 25.6 Å². The van der Waals surface area contributed by atoms with Crippen molar-refractivity contribution in [1.82, 2.24) is 0 Å². The lowest BCUT2D eigenvalue weighted by Gasteiger charge is -2.34. The van der Waals surface area contributed by atoms with Crippen molar-refractivity contribution < 1.29 is 50.0 Å². The molecule has 0 fully saturated rings. The van der Waals surface area contributed by atoms with Crippen LogP contribution in [0.25, 0.3) is 0 Å². The summed E-state index contributed by atoms with van der Waals surface area (Å²) in [6.45, 7) is 1.49. The van der Waals surface area contributed by atoms with Gasteiger partial charge in [-0.3, -0.25) is 0 Å². The lowest BCUT2D eigenvalue weighted by Crippen LogP contribution is -2.34. The average molecular weight is 456 g/mol. The first kappa shape index (κ1) is 21.8. The highest BCUT2D eigenvalue weighted by molar-refractivity contribution is 5.90. The molecule has 0 aromatic heterocycles. The van der Waals surface area contributed by atoms with E-state index in [4.69, 9.17) is 9.47 Å². The highest BCUT2D eigenvalue weighted by atomic mass is 16.6. The predicted molar refractivity (Wildman–Crippen MR) is 112 cm³/mol. The molecule has 4 rings (SSSR count). The van der Waals surface area contributed by atoms with E-state index in [-0.39, 0.29) is 51.7 Å². The van der Waals surface area contributed by atoms with E-state index in [1.807, 2.05) is 0 Å². The summed E-state index contributed by atoms with van der Waals surface area (Å²) in [5, 5.41) is 69.1. The minimum absolute atomic E-state index is 0.0568. The van der Waals surface area contributed by atoms with E-state index in [9.17, 15) is 40.5 Å². The smallest absolute Gasteiger partial charge is 0.338 e. The van der Waals surface area contributed by atoms with Crippen LogP contribution in [0.5, 0.6) is 46.0 Å². The van der Waals surface area contributed by atoms with Gasteiger partial charge >= 0.3 is 5.97 Å². The van der Waals surface area contributed by atoms with Gasteiger partial charge in [-0.05, 0) is 36.8 Å². The van der Waals surface area contributed by atoms with E-state index >= 15 is 0 Å². The van der Waals surface area contributed by atoms with Crippen LogP contribution in [-0.4, -0.2) is 47.8 Å². The lowest BCUT2D eigenvalue weighted by atomic mass is 9.93. The largest absolute Gasteiger partial charge is 0.508 e. The van der Waals surface area contributed by atoms with Crippen molar-refractivity contribution in [2.24, 2.45) is 0 Å². The molecular formula is C23H20O10. The molecular weight excluding hydrogens is 436 g/mol. The fraction of sp³-hybridized carbons (Fsp3) is 0.174. The molecule has 2 unspecified atom stereocenters. The summed E-state index contributed by atoms with van der Waals surface area (Å²) in [7, 11) is 0. The van der Waals surface area contributed by atoms with Gasteiger partial charge in [0, 0.05) is 29.7 Å². The summed E-state index contributed by atoms with van der Waals surface area (Å²) in [5.41, 5.74) is 0.571. The molecule has 33 heavy (non-hydrogen) atoms. The number of carbonyl (C=O) groups excluding carboxylic acids is 1. The van der Waals surface area contributed by atoms with Crippen molar-refractivity contribution in [2.75, 3.05) is 0 Å². The third-order valence-corrected chi connectivity index (χ3v) is 5.36. The Morgan fingerprint density at radius 1 is 0.848 bits per heavy atom. The molecule has 3 aromatic rings. The molecule has 2 atom stereocenters. The molecule has 7 N–H and O–H groups in total. The number of esters is 1. The number of rotatable bonds is 3. The first-order valence-electron chi connectivity index (χ1n) is 9.75. The minimum Gasteiger partial charge on any atom is -0.508 e. The minimum atomic E-state index is -1.12. The van der Waals surface area contributed by atoms with Crippen molar-refractivity contribution in [3.63, 3.8) is 0 Å². The van der Waals surface area contributed by atoms with Crippen LogP contribution in [0.3, 0.4) is 0 Å². The molecule has 0 saturated heterocycles. The second-order valence-corrected chi connectivity index (χ2v) is 7.70. The zero-order chi connectivity index (χ0) is 24.0. The topological polar surface area (TPSA) is 177 Å². The van der Waals surface area contributed by atoms with E-state index in [2.05, 4.69) is 0 Å². The molecule has 172 valence electrons. The van der Waals surface area contributed by atoms with Crippen molar-refractivity contribution >= 4 is 5.97 Å². The maximum atomic E-state index is 12.8. The molecule has 0 saturated carbocycles. The summed E-state index contributed by atoms with van der Waals surface area (Å²) < 4.78 is 11.4. The van der Waals surface area contributed by atoms with Gasteiger partial charge in [-0.1, -0.05) is 0 Å². The number of carbonyl (C=O) groups is 1. The van der Waals surface area contributed by atoms with Gasteiger partial charge in [-0.2, -0.15) is 0 Å². The summed E-state index contributed by atoms with van der Waals surface area (Å²) in [6, 6.07) is 6.93. The Morgan fingerprint density at radius 2 is 1.48 bits per heavy atom. The van der Waals surface area contributed by atoms with E-state index in [1.165, 1.54) is 19.1 Å². The fourth-order valence-corrected chi connectivity index (χ4v) is 3.71. The van der Waals surface area contributed by atoms with Gasteiger partial charge in [0.25, 0.3) is 0 Å². The van der Waals surface area contributed by atoms with Crippen LogP contribution in [0.1, 0.15) is 33.2 Å². The average Bonchev–Trinajstić information content (AvgIpc) is 2.75. The van der Waals surface area contributed by atoms with E-state index in [1.54, 1.807) is 0 Å². The quantitative estimate of drug-likeness (QED) is 0.229. The van der Waals surface area contributed by atoms with E-state index < -0.39 is 41.2 Å². The van der Waals surface area contributed by atoms with Crippen molar-refractivity contribution in [3.05, 3.63) is 58.7 Å². The molecule has 1 aliphatic rings. The second kappa shape index (κ2) is 7.90. The van der Waals surface area contributed by atoms with Gasteiger partial charge < -0.3 is 45.2 Å². The molecule has 0 bridgehead atoms. The lowest BCUT2D eigenvalue weighted by molar-refractivity contribution is -0.0189. The summed E-state index contributed by atoms with van der Waals surface area (Å²) >= 11 is 0. The molecule has 10 nitrogen and oxygen atoms in total. The Labute approximate surface area is 186 Å². The van der Waals surface area contributed by atoms with Gasteiger partial charge in [0.05, 0.1) is 5.56 Å². The maximum absolute atomic E-state index is 12.8.